The molecule has 1 fully saturated rings. The molecule has 21 heavy (non-hydrogen) atoms. The van der Waals surface area contributed by atoms with E-state index in [1.165, 1.54) is 6.42 Å². The van der Waals surface area contributed by atoms with Crippen LogP contribution in [0.3, 0.4) is 0 Å². The number of hydrogen-bond acceptors (Lipinski definition) is 3. The molecule has 1 saturated heterocycles. The molecule has 2 amide bonds. The molecule has 1 aliphatic rings. The lowest BCUT2D eigenvalue weighted by atomic mass is 10.3. The quantitative estimate of drug-likeness (QED) is 0.827. The number of rotatable bonds is 7. The van der Waals surface area contributed by atoms with Gasteiger partial charge in [0.05, 0.1) is 6.54 Å². The van der Waals surface area contributed by atoms with Crippen molar-refractivity contribution in [3.63, 3.8) is 0 Å². The first kappa shape index (κ1) is 15.8. The Bertz CT molecular complexity index is 420. The number of carbonyl (C=O) groups excluding carboxylic acids is 1. The van der Waals surface area contributed by atoms with Crippen LogP contribution >= 0.6 is 0 Å². The van der Waals surface area contributed by atoms with Crippen molar-refractivity contribution in [2.24, 2.45) is 0 Å². The summed E-state index contributed by atoms with van der Waals surface area (Å²) in [6.45, 7) is 9.56. The molecule has 0 bridgehead atoms. The van der Waals surface area contributed by atoms with Gasteiger partial charge in [0.2, 0.25) is 0 Å². The molecule has 0 spiro atoms. The summed E-state index contributed by atoms with van der Waals surface area (Å²) in [7, 11) is 0. The number of hydrogen-bond donors (Lipinski definition) is 1. The first-order valence-corrected chi connectivity index (χ1v) is 7.98. The molecule has 2 heterocycles. The van der Waals surface area contributed by atoms with Crippen LogP contribution in [-0.4, -0.2) is 64.4 Å². The molecular formula is C15H27N5O. The zero-order chi connectivity index (χ0) is 15.1. The summed E-state index contributed by atoms with van der Waals surface area (Å²) in [5.74, 6) is 0. The van der Waals surface area contributed by atoms with Crippen LogP contribution in [0.5, 0.6) is 0 Å². The zero-order valence-corrected chi connectivity index (χ0v) is 13.2. The van der Waals surface area contributed by atoms with Crippen LogP contribution in [0.2, 0.25) is 0 Å². The molecule has 0 unspecified atom stereocenters. The number of urea groups is 1. The Labute approximate surface area is 127 Å². The van der Waals surface area contributed by atoms with Gasteiger partial charge in [-0.2, -0.15) is 5.10 Å². The van der Waals surface area contributed by atoms with Gasteiger partial charge in [0.1, 0.15) is 0 Å². The Morgan fingerprint density at radius 2 is 2.29 bits per heavy atom. The van der Waals surface area contributed by atoms with E-state index in [-0.39, 0.29) is 6.03 Å². The number of likely N-dealkylation sites (tertiary alicyclic amines) is 1. The van der Waals surface area contributed by atoms with Gasteiger partial charge in [-0.15, -0.1) is 0 Å². The van der Waals surface area contributed by atoms with Gasteiger partial charge >= 0.3 is 6.03 Å². The fourth-order valence-corrected chi connectivity index (χ4v) is 2.79. The highest BCUT2D eigenvalue weighted by molar-refractivity contribution is 5.74. The standard InChI is InChI=1S/C15H27N5O/c1-3-8-18-10-6-14(13-18)17-15(21)19(4-2)11-12-20-9-5-7-16-20/h5,7,9,14H,3-4,6,8,10-13H2,1-2H3,(H,17,21)/t14-/m0/s1. The van der Waals surface area contributed by atoms with Gasteiger partial charge in [-0.05, 0) is 32.4 Å². The molecule has 1 N–H and O–H groups in total. The van der Waals surface area contributed by atoms with Crippen LogP contribution in [0.25, 0.3) is 0 Å². The van der Waals surface area contributed by atoms with E-state index in [9.17, 15) is 4.79 Å². The van der Waals surface area contributed by atoms with Gasteiger partial charge in [0.15, 0.2) is 0 Å². The number of aromatic nitrogens is 2. The van der Waals surface area contributed by atoms with Crippen LogP contribution in [0.15, 0.2) is 18.5 Å². The zero-order valence-electron chi connectivity index (χ0n) is 13.2. The lowest BCUT2D eigenvalue weighted by Gasteiger charge is -2.24. The fourth-order valence-electron chi connectivity index (χ4n) is 2.79. The van der Waals surface area contributed by atoms with E-state index in [1.807, 2.05) is 28.8 Å². The average Bonchev–Trinajstić information content (AvgIpc) is 3.12. The Balaban J connectivity index is 1.75. The predicted molar refractivity (Wildman–Crippen MR) is 83.1 cm³/mol. The lowest BCUT2D eigenvalue weighted by Crippen LogP contribution is -2.46. The highest BCUT2D eigenvalue weighted by Crippen LogP contribution is 2.09. The van der Waals surface area contributed by atoms with Crippen LogP contribution < -0.4 is 5.32 Å². The van der Waals surface area contributed by atoms with E-state index in [1.54, 1.807) is 6.20 Å². The molecule has 0 aliphatic carbocycles. The molecule has 118 valence electrons. The molecule has 6 heteroatoms. The van der Waals surface area contributed by atoms with Crippen LogP contribution in [-0.2, 0) is 6.54 Å². The number of carbonyl (C=O) groups is 1. The Kier molecular flexibility index (Phi) is 6.04. The third kappa shape index (κ3) is 4.74. The minimum Gasteiger partial charge on any atom is -0.334 e. The summed E-state index contributed by atoms with van der Waals surface area (Å²) in [4.78, 5) is 16.6. The van der Waals surface area contributed by atoms with E-state index in [0.29, 0.717) is 12.6 Å². The van der Waals surface area contributed by atoms with Crippen molar-refractivity contribution in [2.45, 2.75) is 39.3 Å². The summed E-state index contributed by atoms with van der Waals surface area (Å²) in [5, 5.41) is 7.33. The van der Waals surface area contributed by atoms with Crippen LogP contribution in [0, 0.1) is 0 Å². The van der Waals surface area contributed by atoms with Crippen molar-refractivity contribution >= 4 is 6.03 Å². The molecule has 0 aromatic carbocycles. The van der Waals surface area contributed by atoms with E-state index in [2.05, 4.69) is 22.2 Å². The van der Waals surface area contributed by atoms with E-state index in [4.69, 9.17) is 0 Å². The minimum atomic E-state index is 0.0491. The monoisotopic (exact) mass is 293 g/mol. The van der Waals surface area contributed by atoms with Gasteiger partial charge in [0.25, 0.3) is 0 Å². The first-order valence-electron chi connectivity index (χ1n) is 7.98. The maximum Gasteiger partial charge on any atom is 0.317 e. The largest absolute Gasteiger partial charge is 0.334 e. The van der Waals surface area contributed by atoms with Crippen LogP contribution in [0.1, 0.15) is 26.7 Å². The van der Waals surface area contributed by atoms with Gasteiger partial charge in [-0.3, -0.25) is 4.68 Å². The van der Waals surface area contributed by atoms with Crippen molar-refractivity contribution in [1.82, 2.24) is 24.9 Å². The second kappa shape index (κ2) is 8.02. The van der Waals surface area contributed by atoms with E-state index >= 15 is 0 Å². The number of likely N-dealkylation sites (N-methyl/N-ethyl adjacent to an activating group) is 1. The number of nitrogens with one attached hydrogen (secondary N) is 1. The van der Waals surface area contributed by atoms with Gasteiger partial charge < -0.3 is 15.1 Å². The van der Waals surface area contributed by atoms with Crippen molar-refractivity contribution in [3.8, 4) is 0 Å². The van der Waals surface area contributed by atoms with Gasteiger partial charge in [-0.25, -0.2) is 4.79 Å². The van der Waals surface area contributed by atoms with Crippen molar-refractivity contribution < 1.29 is 4.79 Å². The van der Waals surface area contributed by atoms with Crippen molar-refractivity contribution in [3.05, 3.63) is 18.5 Å². The summed E-state index contributed by atoms with van der Waals surface area (Å²) in [5.41, 5.74) is 0. The molecule has 2 rings (SSSR count). The molecule has 0 saturated carbocycles. The minimum absolute atomic E-state index is 0.0491. The number of nitrogens with zero attached hydrogens (tertiary/aromatic N) is 4. The summed E-state index contributed by atoms with van der Waals surface area (Å²) < 4.78 is 1.86. The van der Waals surface area contributed by atoms with Crippen LogP contribution in [0.4, 0.5) is 4.79 Å². The SMILES string of the molecule is CCCN1CC[C@H](NC(=O)N(CC)CCn2cccn2)C1. The maximum atomic E-state index is 12.3. The molecule has 1 aromatic rings. The fraction of sp³-hybridized carbons (Fsp3) is 0.733. The Hall–Kier alpha value is -1.56. The molecule has 1 aliphatic heterocycles. The van der Waals surface area contributed by atoms with E-state index in [0.717, 1.165) is 39.1 Å². The third-order valence-electron chi connectivity index (χ3n) is 3.97. The molecule has 6 nitrogen and oxygen atoms in total. The second-order valence-corrected chi connectivity index (χ2v) is 5.58. The Morgan fingerprint density at radius 3 is 2.95 bits per heavy atom. The second-order valence-electron chi connectivity index (χ2n) is 5.58. The summed E-state index contributed by atoms with van der Waals surface area (Å²) in [6, 6.07) is 2.24. The van der Waals surface area contributed by atoms with Gasteiger partial charge in [-0.1, -0.05) is 6.92 Å². The molecule has 1 atom stereocenters. The smallest absolute Gasteiger partial charge is 0.317 e. The maximum absolute atomic E-state index is 12.3. The summed E-state index contributed by atoms with van der Waals surface area (Å²) >= 11 is 0. The predicted octanol–water partition coefficient (Wildman–Crippen LogP) is 1.40. The summed E-state index contributed by atoms with van der Waals surface area (Å²) in [6.07, 6.45) is 5.91. The normalized spacial score (nSPS) is 18.9. The molecule has 1 aromatic heterocycles. The Morgan fingerprint density at radius 1 is 1.43 bits per heavy atom. The van der Waals surface area contributed by atoms with Crippen molar-refractivity contribution in [1.29, 1.82) is 0 Å². The highest BCUT2D eigenvalue weighted by atomic mass is 16.2. The molecule has 0 radical (unpaired) electrons. The third-order valence-corrected chi connectivity index (χ3v) is 3.97. The molecular weight excluding hydrogens is 266 g/mol. The highest BCUT2D eigenvalue weighted by Gasteiger charge is 2.24. The number of amides is 2. The average molecular weight is 293 g/mol. The first-order chi connectivity index (χ1) is 10.2. The van der Waals surface area contributed by atoms with Gasteiger partial charge in [0, 0.05) is 44.6 Å². The van der Waals surface area contributed by atoms with Crippen molar-refractivity contribution in [2.75, 3.05) is 32.7 Å². The van der Waals surface area contributed by atoms with E-state index < -0.39 is 0 Å². The topological polar surface area (TPSA) is 53.4 Å². The lowest BCUT2D eigenvalue weighted by molar-refractivity contribution is 0.193.